The molecule has 0 aromatic heterocycles. The Balaban J connectivity index is 2.48. The minimum absolute atomic E-state index is 0.234. The van der Waals surface area contributed by atoms with Crippen LogP contribution in [0.2, 0.25) is 0 Å². The Hall–Kier alpha value is -0.770. The number of carbonyl (C=O) groups excluding carboxylic acids is 2. The molecule has 0 aromatic carbocycles. The molecule has 98 valence electrons. The molecule has 17 heavy (non-hydrogen) atoms. The maximum atomic E-state index is 11.8. The van der Waals surface area contributed by atoms with Crippen LogP contribution in [-0.4, -0.2) is 35.3 Å². The topological polar surface area (TPSA) is 49.4 Å². The van der Waals surface area contributed by atoms with E-state index in [1.165, 1.54) is 6.42 Å². The van der Waals surface area contributed by atoms with Crippen LogP contribution in [0.5, 0.6) is 0 Å². The summed E-state index contributed by atoms with van der Waals surface area (Å²) in [6.07, 6.45) is 4.39. The molecule has 3 unspecified atom stereocenters. The van der Waals surface area contributed by atoms with E-state index in [2.05, 4.69) is 12.2 Å². The van der Waals surface area contributed by atoms with Crippen molar-refractivity contribution >= 4 is 23.5 Å². The molecule has 1 aliphatic carbocycles. The van der Waals surface area contributed by atoms with E-state index in [9.17, 15) is 9.59 Å². The first-order valence-corrected chi connectivity index (χ1v) is 6.57. The fourth-order valence-electron chi connectivity index (χ4n) is 2.21. The Morgan fingerprint density at radius 2 is 2.06 bits per heavy atom. The summed E-state index contributed by atoms with van der Waals surface area (Å²) >= 11 is 5.60. The summed E-state index contributed by atoms with van der Waals surface area (Å²) in [6, 6.07) is -0.112. The third kappa shape index (κ3) is 4.19. The lowest BCUT2D eigenvalue weighted by Gasteiger charge is -2.34. The SMILES string of the molecule is CC1CCCC(N(C)C(=O)NC(=O)C(C)Cl)C1. The minimum Gasteiger partial charge on any atom is -0.325 e. The number of urea groups is 1. The maximum Gasteiger partial charge on any atom is 0.324 e. The number of alkyl halides is 1. The van der Waals surface area contributed by atoms with Crippen molar-refractivity contribution in [3.8, 4) is 0 Å². The second kappa shape index (κ2) is 6.24. The maximum absolute atomic E-state index is 11.8. The van der Waals surface area contributed by atoms with Gasteiger partial charge in [-0.25, -0.2) is 4.79 Å². The van der Waals surface area contributed by atoms with Crippen molar-refractivity contribution in [1.82, 2.24) is 10.2 Å². The first-order chi connectivity index (χ1) is 7.91. The number of carbonyl (C=O) groups is 2. The summed E-state index contributed by atoms with van der Waals surface area (Å²) in [4.78, 5) is 24.7. The predicted molar refractivity (Wildman–Crippen MR) is 68.0 cm³/mol. The summed E-state index contributed by atoms with van der Waals surface area (Å²) in [5, 5.41) is 1.62. The first kappa shape index (κ1) is 14.3. The zero-order valence-corrected chi connectivity index (χ0v) is 11.5. The van der Waals surface area contributed by atoms with Crippen LogP contribution >= 0.6 is 11.6 Å². The zero-order valence-electron chi connectivity index (χ0n) is 10.7. The van der Waals surface area contributed by atoms with Crippen LogP contribution < -0.4 is 5.32 Å². The molecule has 1 fully saturated rings. The van der Waals surface area contributed by atoms with Crippen LogP contribution in [0, 0.1) is 5.92 Å². The van der Waals surface area contributed by atoms with Crippen LogP contribution in [0.3, 0.4) is 0 Å². The molecule has 4 nitrogen and oxygen atoms in total. The Morgan fingerprint density at radius 1 is 1.41 bits per heavy atom. The highest BCUT2D eigenvalue weighted by atomic mass is 35.5. The van der Waals surface area contributed by atoms with E-state index in [0.29, 0.717) is 5.92 Å². The summed E-state index contributed by atoms with van der Waals surface area (Å²) in [5.74, 6) is 0.207. The van der Waals surface area contributed by atoms with E-state index in [0.717, 1.165) is 19.3 Å². The number of nitrogens with one attached hydrogen (secondary N) is 1. The number of hydrogen-bond acceptors (Lipinski definition) is 2. The number of imide groups is 1. The van der Waals surface area contributed by atoms with Gasteiger partial charge in [-0.1, -0.05) is 19.8 Å². The molecule has 0 aromatic rings. The average Bonchev–Trinajstić information content (AvgIpc) is 2.27. The quantitative estimate of drug-likeness (QED) is 0.775. The Morgan fingerprint density at radius 3 is 2.59 bits per heavy atom. The van der Waals surface area contributed by atoms with E-state index in [4.69, 9.17) is 11.6 Å². The van der Waals surface area contributed by atoms with Crippen molar-refractivity contribution in [2.24, 2.45) is 5.92 Å². The zero-order chi connectivity index (χ0) is 13.0. The summed E-state index contributed by atoms with van der Waals surface area (Å²) in [5.41, 5.74) is 0. The Labute approximate surface area is 108 Å². The van der Waals surface area contributed by atoms with Gasteiger partial charge in [-0.3, -0.25) is 10.1 Å². The molecule has 1 saturated carbocycles. The van der Waals surface area contributed by atoms with Crippen molar-refractivity contribution in [2.45, 2.75) is 50.9 Å². The van der Waals surface area contributed by atoms with Crippen molar-refractivity contribution in [3.63, 3.8) is 0 Å². The van der Waals surface area contributed by atoms with Crippen molar-refractivity contribution in [1.29, 1.82) is 0 Å². The predicted octanol–water partition coefficient (Wildman–Crippen LogP) is 2.36. The van der Waals surface area contributed by atoms with Gasteiger partial charge >= 0.3 is 6.03 Å². The lowest BCUT2D eigenvalue weighted by Crippen LogP contribution is -2.48. The highest BCUT2D eigenvalue weighted by Crippen LogP contribution is 2.26. The molecule has 0 heterocycles. The summed E-state index contributed by atoms with van der Waals surface area (Å²) in [6.45, 7) is 3.75. The molecule has 3 atom stereocenters. The van der Waals surface area contributed by atoms with Crippen LogP contribution in [0.25, 0.3) is 0 Å². The Kier molecular flexibility index (Phi) is 5.25. The number of nitrogens with zero attached hydrogens (tertiary/aromatic N) is 1. The van der Waals surface area contributed by atoms with E-state index >= 15 is 0 Å². The number of halogens is 1. The number of rotatable bonds is 2. The summed E-state index contributed by atoms with van der Waals surface area (Å²) in [7, 11) is 1.74. The monoisotopic (exact) mass is 260 g/mol. The van der Waals surface area contributed by atoms with Gasteiger partial charge in [-0.2, -0.15) is 0 Å². The van der Waals surface area contributed by atoms with Crippen LogP contribution in [0.15, 0.2) is 0 Å². The third-order valence-electron chi connectivity index (χ3n) is 3.37. The molecular weight excluding hydrogens is 240 g/mol. The van der Waals surface area contributed by atoms with Crippen LogP contribution in [0.4, 0.5) is 4.79 Å². The smallest absolute Gasteiger partial charge is 0.324 e. The van der Waals surface area contributed by atoms with Gasteiger partial charge in [-0.15, -0.1) is 11.6 Å². The van der Waals surface area contributed by atoms with Gasteiger partial charge in [-0.05, 0) is 25.7 Å². The molecule has 1 N–H and O–H groups in total. The van der Waals surface area contributed by atoms with E-state index < -0.39 is 11.3 Å². The third-order valence-corrected chi connectivity index (χ3v) is 3.57. The van der Waals surface area contributed by atoms with E-state index in [1.807, 2.05) is 0 Å². The van der Waals surface area contributed by atoms with Gasteiger partial charge in [0.25, 0.3) is 0 Å². The van der Waals surface area contributed by atoms with Crippen molar-refractivity contribution in [2.75, 3.05) is 7.05 Å². The molecule has 0 saturated heterocycles. The van der Waals surface area contributed by atoms with Gasteiger partial charge in [0.15, 0.2) is 0 Å². The van der Waals surface area contributed by atoms with Crippen LogP contribution in [-0.2, 0) is 4.79 Å². The molecule has 3 amide bonds. The molecule has 1 rings (SSSR count). The number of hydrogen-bond donors (Lipinski definition) is 1. The average molecular weight is 261 g/mol. The fraction of sp³-hybridized carbons (Fsp3) is 0.833. The van der Waals surface area contributed by atoms with Crippen molar-refractivity contribution in [3.05, 3.63) is 0 Å². The number of amides is 3. The normalized spacial score (nSPS) is 26.1. The molecule has 0 spiro atoms. The molecule has 0 aliphatic heterocycles. The largest absolute Gasteiger partial charge is 0.325 e. The molecule has 5 heteroatoms. The molecule has 1 aliphatic rings. The Bertz CT molecular complexity index is 294. The van der Waals surface area contributed by atoms with Gasteiger partial charge in [0.2, 0.25) is 5.91 Å². The standard InChI is InChI=1S/C12H21ClN2O2/c1-8-5-4-6-10(7-8)15(3)12(17)14-11(16)9(2)13/h8-10H,4-7H2,1-3H3,(H,14,16,17). The highest BCUT2D eigenvalue weighted by molar-refractivity contribution is 6.31. The lowest BCUT2D eigenvalue weighted by atomic mass is 9.86. The van der Waals surface area contributed by atoms with E-state index in [1.54, 1.807) is 18.9 Å². The van der Waals surface area contributed by atoms with Gasteiger partial charge < -0.3 is 4.90 Å². The minimum atomic E-state index is -0.683. The second-order valence-electron chi connectivity index (χ2n) is 4.95. The van der Waals surface area contributed by atoms with Gasteiger partial charge in [0.1, 0.15) is 5.38 Å². The second-order valence-corrected chi connectivity index (χ2v) is 5.60. The summed E-state index contributed by atoms with van der Waals surface area (Å²) < 4.78 is 0. The van der Waals surface area contributed by atoms with Crippen LogP contribution in [0.1, 0.15) is 39.5 Å². The molecular formula is C12H21ClN2O2. The highest BCUT2D eigenvalue weighted by Gasteiger charge is 2.26. The van der Waals surface area contributed by atoms with E-state index in [-0.39, 0.29) is 12.1 Å². The fourth-order valence-corrected chi connectivity index (χ4v) is 2.27. The molecule has 0 radical (unpaired) electrons. The van der Waals surface area contributed by atoms with Gasteiger partial charge in [0, 0.05) is 13.1 Å². The van der Waals surface area contributed by atoms with Crippen molar-refractivity contribution < 1.29 is 9.59 Å². The lowest BCUT2D eigenvalue weighted by molar-refractivity contribution is -0.119. The van der Waals surface area contributed by atoms with Gasteiger partial charge in [0.05, 0.1) is 0 Å². The first-order valence-electron chi connectivity index (χ1n) is 6.13. The molecule has 0 bridgehead atoms.